The standard InChI is InChI=1S/C36H34N2O8/c39-32(43-23-27-13-5-1-6-14-27)21-31-22-37(35(41)45-25-29-17-9-3-10-18-29)38(36(42)46-26-30-19-11-4-12-20-30)33(31)34(40)44-24-28-15-7-2-8-16-28/h1-20,31,33H,21-26H2/t31-,33-/m0/s1. The summed E-state index contributed by atoms with van der Waals surface area (Å²) in [6.45, 7) is -0.428. The molecule has 1 aliphatic heterocycles. The number of benzene rings is 4. The zero-order valence-corrected chi connectivity index (χ0v) is 25.1. The maximum Gasteiger partial charge on any atom is 0.430 e. The SMILES string of the molecule is O=C(C[C@H]1CN(C(=O)OCc2ccccc2)N(C(=O)OCc2ccccc2)[C@@H]1C(=O)OCc1ccccc1)OCc1ccccc1. The summed E-state index contributed by atoms with van der Waals surface area (Å²) in [5.41, 5.74) is 2.95. The number of hydrogen-bond acceptors (Lipinski definition) is 8. The van der Waals surface area contributed by atoms with Crippen LogP contribution in [0.3, 0.4) is 0 Å². The van der Waals surface area contributed by atoms with E-state index in [4.69, 9.17) is 18.9 Å². The minimum absolute atomic E-state index is 0.0289. The van der Waals surface area contributed by atoms with Crippen molar-refractivity contribution in [1.82, 2.24) is 10.0 Å². The zero-order chi connectivity index (χ0) is 32.1. The van der Waals surface area contributed by atoms with Gasteiger partial charge in [0, 0.05) is 5.92 Å². The molecule has 1 heterocycles. The van der Waals surface area contributed by atoms with Crippen LogP contribution in [0.15, 0.2) is 121 Å². The second-order valence-electron chi connectivity index (χ2n) is 10.7. The number of rotatable bonds is 11. The van der Waals surface area contributed by atoms with Crippen LogP contribution in [0, 0.1) is 5.92 Å². The van der Waals surface area contributed by atoms with Crippen LogP contribution in [0.4, 0.5) is 9.59 Å². The van der Waals surface area contributed by atoms with Crippen molar-refractivity contribution >= 4 is 24.1 Å². The quantitative estimate of drug-likeness (QED) is 0.147. The summed E-state index contributed by atoms with van der Waals surface area (Å²) in [4.78, 5) is 53.9. The smallest absolute Gasteiger partial charge is 0.430 e. The number of ether oxygens (including phenoxy) is 4. The lowest BCUT2D eigenvalue weighted by atomic mass is 9.97. The van der Waals surface area contributed by atoms with Crippen molar-refractivity contribution in [3.63, 3.8) is 0 Å². The molecule has 2 atom stereocenters. The van der Waals surface area contributed by atoms with Crippen molar-refractivity contribution in [3.8, 4) is 0 Å². The van der Waals surface area contributed by atoms with Gasteiger partial charge in [0.1, 0.15) is 26.4 Å². The van der Waals surface area contributed by atoms with Gasteiger partial charge in [-0.1, -0.05) is 121 Å². The number of amides is 2. The van der Waals surface area contributed by atoms with Gasteiger partial charge in [-0.25, -0.2) is 19.4 Å². The van der Waals surface area contributed by atoms with Gasteiger partial charge in [0.15, 0.2) is 6.04 Å². The van der Waals surface area contributed by atoms with E-state index in [2.05, 4.69) is 0 Å². The molecule has 46 heavy (non-hydrogen) atoms. The lowest BCUT2D eigenvalue weighted by Crippen LogP contribution is -2.52. The third-order valence-electron chi connectivity index (χ3n) is 7.32. The van der Waals surface area contributed by atoms with Crippen LogP contribution in [-0.4, -0.2) is 46.7 Å². The van der Waals surface area contributed by atoms with Gasteiger partial charge < -0.3 is 18.9 Å². The molecule has 0 radical (unpaired) electrons. The fraction of sp³-hybridized carbons (Fsp3) is 0.222. The van der Waals surface area contributed by atoms with E-state index in [1.54, 1.807) is 48.5 Å². The van der Waals surface area contributed by atoms with Crippen LogP contribution < -0.4 is 0 Å². The van der Waals surface area contributed by atoms with E-state index in [1.165, 1.54) is 0 Å². The van der Waals surface area contributed by atoms with Crippen molar-refractivity contribution < 1.29 is 38.1 Å². The Hall–Kier alpha value is -5.64. The summed E-state index contributed by atoms with van der Waals surface area (Å²) < 4.78 is 22.2. The van der Waals surface area contributed by atoms with Crippen LogP contribution in [0.5, 0.6) is 0 Å². The molecule has 10 heteroatoms. The van der Waals surface area contributed by atoms with Crippen molar-refractivity contribution in [2.75, 3.05) is 6.54 Å². The monoisotopic (exact) mass is 622 g/mol. The van der Waals surface area contributed by atoms with E-state index in [9.17, 15) is 19.2 Å². The van der Waals surface area contributed by atoms with Gasteiger partial charge in [-0.05, 0) is 22.3 Å². The molecule has 0 spiro atoms. The number of esters is 2. The number of carbonyl (C=O) groups is 4. The minimum atomic E-state index is -1.37. The number of hydrogen-bond donors (Lipinski definition) is 0. The molecule has 236 valence electrons. The van der Waals surface area contributed by atoms with Crippen LogP contribution in [0.1, 0.15) is 28.7 Å². The average molecular weight is 623 g/mol. The highest BCUT2D eigenvalue weighted by Gasteiger charge is 2.52. The first-order chi connectivity index (χ1) is 22.5. The average Bonchev–Trinajstić information content (AvgIpc) is 3.48. The molecule has 5 rings (SSSR count). The van der Waals surface area contributed by atoms with Gasteiger partial charge >= 0.3 is 24.1 Å². The second-order valence-corrected chi connectivity index (χ2v) is 10.7. The highest BCUT2D eigenvalue weighted by atomic mass is 16.6. The molecule has 1 fully saturated rings. The first-order valence-electron chi connectivity index (χ1n) is 14.9. The zero-order valence-electron chi connectivity index (χ0n) is 25.1. The molecule has 1 aliphatic rings. The highest BCUT2D eigenvalue weighted by Crippen LogP contribution is 2.31. The van der Waals surface area contributed by atoms with Gasteiger partial charge in [-0.15, -0.1) is 0 Å². The molecule has 0 aliphatic carbocycles. The number of nitrogens with zero attached hydrogens (tertiary/aromatic N) is 2. The van der Waals surface area contributed by atoms with E-state index < -0.39 is 36.1 Å². The molecule has 0 saturated carbocycles. The molecule has 0 aromatic heterocycles. The summed E-state index contributed by atoms with van der Waals surface area (Å²) in [6, 6.07) is 34.8. The van der Waals surface area contributed by atoms with Crippen LogP contribution in [-0.2, 0) is 55.0 Å². The topological polar surface area (TPSA) is 112 Å². The van der Waals surface area contributed by atoms with E-state index >= 15 is 0 Å². The molecule has 10 nitrogen and oxygen atoms in total. The second kappa shape index (κ2) is 15.9. The maximum absolute atomic E-state index is 13.7. The molecule has 2 amide bonds. The molecular formula is C36H34N2O8. The van der Waals surface area contributed by atoms with Crippen LogP contribution in [0.25, 0.3) is 0 Å². The predicted molar refractivity (Wildman–Crippen MR) is 166 cm³/mol. The van der Waals surface area contributed by atoms with Gasteiger partial charge in [-0.3, -0.25) is 4.79 Å². The molecule has 4 aromatic rings. The first kappa shape index (κ1) is 31.8. The Labute approximate surface area is 267 Å². The Morgan fingerprint density at radius 3 is 1.37 bits per heavy atom. The van der Waals surface area contributed by atoms with Crippen molar-refractivity contribution in [2.24, 2.45) is 5.92 Å². The van der Waals surface area contributed by atoms with E-state index in [-0.39, 0.29) is 39.4 Å². The fourth-order valence-corrected chi connectivity index (χ4v) is 5.01. The summed E-state index contributed by atoms with van der Waals surface area (Å²) in [5.74, 6) is -2.29. The van der Waals surface area contributed by atoms with Gasteiger partial charge in [0.2, 0.25) is 0 Å². The van der Waals surface area contributed by atoms with Gasteiger partial charge in [-0.2, -0.15) is 5.01 Å². The Bertz CT molecular complexity index is 1590. The van der Waals surface area contributed by atoms with Crippen molar-refractivity contribution in [1.29, 1.82) is 0 Å². The van der Waals surface area contributed by atoms with E-state index in [1.807, 2.05) is 72.8 Å². The Balaban J connectivity index is 1.38. The number of carbonyl (C=O) groups excluding carboxylic acids is 4. The van der Waals surface area contributed by atoms with Crippen molar-refractivity contribution in [3.05, 3.63) is 144 Å². The number of hydrazine groups is 1. The lowest BCUT2D eigenvalue weighted by Gasteiger charge is -2.30. The van der Waals surface area contributed by atoms with Gasteiger partial charge in [0.25, 0.3) is 0 Å². The lowest BCUT2D eigenvalue weighted by molar-refractivity contribution is -0.155. The summed E-state index contributed by atoms with van der Waals surface area (Å²) in [6.07, 6.45) is -2.13. The fourth-order valence-electron chi connectivity index (χ4n) is 5.01. The normalized spacial score (nSPS) is 15.6. The third-order valence-corrected chi connectivity index (χ3v) is 7.32. The Morgan fingerprint density at radius 1 is 0.522 bits per heavy atom. The molecular weight excluding hydrogens is 588 g/mol. The summed E-state index contributed by atoms with van der Waals surface area (Å²) >= 11 is 0. The van der Waals surface area contributed by atoms with Crippen LogP contribution in [0.2, 0.25) is 0 Å². The largest absolute Gasteiger partial charge is 0.461 e. The molecule has 0 unspecified atom stereocenters. The van der Waals surface area contributed by atoms with Crippen molar-refractivity contribution in [2.45, 2.75) is 38.9 Å². The van der Waals surface area contributed by atoms with Gasteiger partial charge in [0.05, 0.1) is 13.0 Å². The van der Waals surface area contributed by atoms with E-state index in [0.29, 0.717) is 5.56 Å². The highest BCUT2D eigenvalue weighted by molar-refractivity contribution is 5.85. The summed E-state index contributed by atoms with van der Waals surface area (Å²) in [7, 11) is 0. The molecule has 0 N–H and O–H groups in total. The maximum atomic E-state index is 13.7. The molecule has 1 saturated heterocycles. The van der Waals surface area contributed by atoms with E-state index in [0.717, 1.165) is 26.7 Å². The van der Waals surface area contributed by atoms with Crippen LogP contribution >= 0.6 is 0 Å². The molecule has 4 aromatic carbocycles. The molecule has 0 bridgehead atoms. The third kappa shape index (κ3) is 8.72. The first-order valence-corrected chi connectivity index (χ1v) is 14.9. The Kier molecular flexibility index (Phi) is 11.0. The summed E-state index contributed by atoms with van der Waals surface area (Å²) in [5, 5.41) is 1.90. The Morgan fingerprint density at radius 2 is 0.913 bits per heavy atom. The minimum Gasteiger partial charge on any atom is -0.461 e. The predicted octanol–water partition coefficient (Wildman–Crippen LogP) is 6.05.